The van der Waals surface area contributed by atoms with E-state index in [9.17, 15) is 4.79 Å². The number of aryl methyl sites for hydroxylation is 3. The molecule has 1 aromatic carbocycles. The Balaban J connectivity index is 2.64. The smallest absolute Gasteiger partial charge is 0.258 e. The Hall–Kier alpha value is -2.76. The molecule has 0 radical (unpaired) electrons. The van der Waals surface area contributed by atoms with E-state index < -0.39 is 0 Å². The van der Waals surface area contributed by atoms with Gasteiger partial charge in [0.05, 0.1) is 12.8 Å². The highest BCUT2D eigenvalue weighted by molar-refractivity contribution is 6.02. The van der Waals surface area contributed by atoms with Crippen LogP contribution < -0.4 is 19.7 Å². The number of nitrogens with one attached hydrogen (secondary N) is 1. The summed E-state index contributed by atoms with van der Waals surface area (Å²) in [5, 5.41) is 2.73. The first-order valence-electron chi connectivity index (χ1n) is 9.67. The lowest BCUT2D eigenvalue weighted by Gasteiger charge is -2.26. The van der Waals surface area contributed by atoms with Gasteiger partial charge >= 0.3 is 0 Å². The number of pyridine rings is 1. The summed E-state index contributed by atoms with van der Waals surface area (Å²) >= 11 is 0. The van der Waals surface area contributed by atoms with Crippen LogP contribution in [0.4, 0.5) is 5.69 Å². The lowest BCUT2D eigenvalue weighted by Crippen LogP contribution is -2.29. The van der Waals surface area contributed by atoms with Crippen molar-refractivity contribution in [3.63, 3.8) is 0 Å². The van der Waals surface area contributed by atoms with Gasteiger partial charge in [0.1, 0.15) is 17.1 Å². The molecule has 1 aromatic heterocycles. The van der Waals surface area contributed by atoms with Crippen molar-refractivity contribution in [2.24, 2.45) is 0 Å². The fourth-order valence-electron chi connectivity index (χ4n) is 3.29. The lowest BCUT2D eigenvalue weighted by molar-refractivity contribution is 0.0960. The Morgan fingerprint density at radius 1 is 1.14 bits per heavy atom. The van der Waals surface area contributed by atoms with Crippen LogP contribution in [0.3, 0.4) is 0 Å². The molecule has 28 heavy (non-hydrogen) atoms. The number of hydrogen-bond donors (Lipinski definition) is 1. The van der Waals surface area contributed by atoms with Gasteiger partial charge in [0.2, 0.25) is 5.88 Å². The van der Waals surface area contributed by atoms with Gasteiger partial charge in [0, 0.05) is 25.8 Å². The maximum atomic E-state index is 12.8. The second kappa shape index (κ2) is 9.44. The van der Waals surface area contributed by atoms with Crippen LogP contribution in [0.2, 0.25) is 0 Å². The first kappa shape index (κ1) is 21.5. The van der Waals surface area contributed by atoms with E-state index in [4.69, 9.17) is 9.47 Å². The molecule has 6 heteroatoms. The van der Waals surface area contributed by atoms with E-state index >= 15 is 0 Å². The molecule has 0 aliphatic rings. The number of amides is 1. The number of carbonyl (C=O) groups is 1. The fourth-order valence-corrected chi connectivity index (χ4v) is 3.29. The molecule has 0 fully saturated rings. The summed E-state index contributed by atoms with van der Waals surface area (Å²) in [4.78, 5) is 19.5. The van der Waals surface area contributed by atoms with Gasteiger partial charge in [-0.2, -0.15) is 0 Å². The quantitative estimate of drug-likeness (QED) is 0.729. The summed E-state index contributed by atoms with van der Waals surface area (Å²) in [7, 11) is 3.26. The van der Waals surface area contributed by atoms with E-state index in [1.54, 1.807) is 14.2 Å². The van der Waals surface area contributed by atoms with Crippen molar-refractivity contribution < 1.29 is 14.3 Å². The number of nitrogens with zero attached hydrogens (tertiary/aromatic N) is 2. The predicted molar refractivity (Wildman–Crippen MR) is 113 cm³/mol. The monoisotopic (exact) mass is 385 g/mol. The fraction of sp³-hybridized carbons (Fsp3) is 0.455. The van der Waals surface area contributed by atoms with Crippen LogP contribution in [0.5, 0.6) is 17.4 Å². The zero-order valence-electron chi connectivity index (χ0n) is 18.0. The third-order valence-electron chi connectivity index (χ3n) is 4.63. The van der Waals surface area contributed by atoms with Gasteiger partial charge in [-0.3, -0.25) is 4.79 Å². The molecule has 0 atom stereocenters. The normalized spacial score (nSPS) is 10.5. The molecule has 0 aliphatic heterocycles. The molecule has 0 spiro atoms. The highest BCUT2D eigenvalue weighted by atomic mass is 16.5. The minimum absolute atomic E-state index is 0.212. The zero-order chi connectivity index (χ0) is 20.8. The molecule has 2 rings (SSSR count). The SMILES string of the molecule is CCCN(CC)c1cc(C)nc(Oc2c(C)cc(OC)cc2C)c1C(=O)NC. The molecular formula is C22H31N3O3. The lowest BCUT2D eigenvalue weighted by atomic mass is 10.1. The molecule has 152 valence electrons. The summed E-state index contributed by atoms with van der Waals surface area (Å²) < 4.78 is 11.6. The summed E-state index contributed by atoms with van der Waals surface area (Å²) in [5.74, 6) is 1.57. The van der Waals surface area contributed by atoms with Gasteiger partial charge in [-0.1, -0.05) is 6.92 Å². The summed E-state index contributed by atoms with van der Waals surface area (Å²) in [6.45, 7) is 11.7. The van der Waals surface area contributed by atoms with Gasteiger partial charge in [-0.25, -0.2) is 4.98 Å². The molecule has 1 amide bonds. The molecule has 2 aromatic rings. The number of carbonyl (C=O) groups excluding carboxylic acids is 1. The van der Waals surface area contributed by atoms with E-state index in [2.05, 4.69) is 29.0 Å². The molecule has 0 bridgehead atoms. The van der Waals surface area contributed by atoms with Crippen molar-refractivity contribution in [1.82, 2.24) is 10.3 Å². The molecule has 0 unspecified atom stereocenters. The average molecular weight is 386 g/mol. The number of ether oxygens (including phenoxy) is 2. The Kier molecular flexibility index (Phi) is 7.26. The third-order valence-corrected chi connectivity index (χ3v) is 4.63. The summed E-state index contributed by atoms with van der Waals surface area (Å²) in [5.41, 5.74) is 3.94. The van der Waals surface area contributed by atoms with Crippen LogP contribution >= 0.6 is 0 Å². The van der Waals surface area contributed by atoms with Gasteiger partial charge in [0.25, 0.3) is 5.91 Å². The highest BCUT2D eigenvalue weighted by Gasteiger charge is 2.24. The minimum Gasteiger partial charge on any atom is -0.497 e. The van der Waals surface area contributed by atoms with Crippen LogP contribution in [0, 0.1) is 20.8 Å². The van der Waals surface area contributed by atoms with Gasteiger partial charge in [-0.15, -0.1) is 0 Å². The van der Waals surface area contributed by atoms with Crippen molar-refractivity contribution in [2.75, 3.05) is 32.1 Å². The van der Waals surface area contributed by atoms with E-state index in [0.29, 0.717) is 17.2 Å². The van der Waals surface area contributed by atoms with Crippen molar-refractivity contribution in [3.8, 4) is 17.4 Å². The van der Waals surface area contributed by atoms with Crippen LogP contribution in [0.25, 0.3) is 0 Å². The zero-order valence-corrected chi connectivity index (χ0v) is 18.0. The number of benzene rings is 1. The van der Waals surface area contributed by atoms with Crippen LogP contribution in [0.15, 0.2) is 18.2 Å². The van der Waals surface area contributed by atoms with Gasteiger partial charge in [0.15, 0.2) is 0 Å². The molecule has 6 nitrogen and oxygen atoms in total. The van der Waals surface area contributed by atoms with Gasteiger partial charge in [-0.05, 0) is 63.4 Å². The maximum Gasteiger partial charge on any atom is 0.258 e. The maximum absolute atomic E-state index is 12.8. The minimum atomic E-state index is -0.212. The molecule has 0 aliphatic carbocycles. The number of rotatable bonds is 8. The summed E-state index contributed by atoms with van der Waals surface area (Å²) in [6, 6.07) is 5.77. The van der Waals surface area contributed by atoms with Crippen molar-refractivity contribution in [1.29, 1.82) is 0 Å². The van der Waals surface area contributed by atoms with E-state index in [-0.39, 0.29) is 5.91 Å². The Morgan fingerprint density at radius 2 is 1.79 bits per heavy atom. The van der Waals surface area contributed by atoms with Crippen LogP contribution in [-0.4, -0.2) is 38.1 Å². The molecule has 0 saturated carbocycles. The molecule has 1 heterocycles. The Morgan fingerprint density at radius 3 is 2.29 bits per heavy atom. The van der Waals surface area contributed by atoms with E-state index in [1.807, 2.05) is 39.0 Å². The second-order valence-electron chi connectivity index (χ2n) is 6.81. The highest BCUT2D eigenvalue weighted by Crippen LogP contribution is 2.36. The predicted octanol–water partition coefficient (Wildman–Crippen LogP) is 4.40. The summed E-state index contributed by atoms with van der Waals surface area (Å²) in [6.07, 6.45) is 0.981. The van der Waals surface area contributed by atoms with E-state index in [1.165, 1.54) is 0 Å². The largest absolute Gasteiger partial charge is 0.497 e. The topological polar surface area (TPSA) is 63.7 Å². The number of aromatic nitrogens is 1. The van der Waals surface area contributed by atoms with Crippen molar-refractivity contribution in [2.45, 2.75) is 41.0 Å². The Labute approximate surface area is 167 Å². The third kappa shape index (κ3) is 4.55. The number of hydrogen-bond acceptors (Lipinski definition) is 5. The van der Waals surface area contributed by atoms with Gasteiger partial charge < -0.3 is 19.7 Å². The first-order chi connectivity index (χ1) is 13.4. The number of anilines is 1. The van der Waals surface area contributed by atoms with Crippen LogP contribution in [0.1, 0.15) is 47.4 Å². The van der Waals surface area contributed by atoms with Crippen molar-refractivity contribution in [3.05, 3.63) is 40.6 Å². The average Bonchev–Trinajstić information content (AvgIpc) is 2.67. The first-order valence-corrected chi connectivity index (χ1v) is 9.67. The van der Waals surface area contributed by atoms with Crippen LogP contribution in [-0.2, 0) is 0 Å². The van der Waals surface area contributed by atoms with E-state index in [0.717, 1.165) is 47.8 Å². The molecular weight excluding hydrogens is 354 g/mol. The standard InChI is InChI=1S/C22H31N3O3/c1-8-10-25(9-2)18-13-16(5)24-22(19(18)21(26)23-6)28-20-14(3)11-17(27-7)12-15(20)4/h11-13H,8-10H2,1-7H3,(H,23,26). The van der Waals surface area contributed by atoms with Crippen molar-refractivity contribution >= 4 is 11.6 Å². The molecule has 1 N–H and O–H groups in total. The second-order valence-corrected chi connectivity index (χ2v) is 6.81. The number of methoxy groups -OCH3 is 1. The Bertz CT molecular complexity index is 826. The molecule has 0 saturated heterocycles.